The fraction of sp³-hybridized carbons (Fsp3) is 0.716. The Labute approximate surface area is 842 Å². The van der Waals surface area contributed by atoms with Crippen molar-refractivity contribution in [2.75, 3.05) is 64.4 Å². The zero-order valence-electron chi connectivity index (χ0n) is 83.8. The van der Waals surface area contributed by atoms with E-state index in [1.54, 1.807) is 47.8 Å². The van der Waals surface area contributed by atoms with Crippen LogP contribution in [0.3, 0.4) is 0 Å². The highest BCUT2D eigenvalue weighted by molar-refractivity contribution is 7.98. The zero-order valence-corrected chi connectivity index (χ0v) is 84.6. The number of guanidine groups is 1. The fourth-order valence-corrected chi connectivity index (χ4v) is 14.8. The molecule has 0 aromatic carbocycles. The summed E-state index contributed by atoms with van der Waals surface area (Å²) >= 11 is 1.15. The van der Waals surface area contributed by atoms with Gasteiger partial charge in [-0.2, -0.15) is 11.8 Å². The summed E-state index contributed by atoms with van der Waals surface area (Å²) < 4.78 is 0. The van der Waals surface area contributed by atoms with Crippen LogP contribution < -0.4 is 124 Å². The molecule has 0 unspecified atom stereocenters. The molecule has 0 aromatic rings. The van der Waals surface area contributed by atoms with Gasteiger partial charge >= 0.3 is 29.8 Å². The summed E-state index contributed by atoms with van der Waals surface area (Å²) in [5.74, 6) is -29.9. The number of thioether (sulfide) groups is 1. The van der Waals surface area contributed by atoms with Crippen LogP contribution in [0.4, 0.5) is 0 Å². The standard InChI is InChI=1S/C88H151N25O31S/c1-13-45(8)69(110-81(137)57-23-19-36-113(57)86(142)67(43(4)5)108-85(141)71(48(11)115)112-79(135)50(21-15-17-34-90)99-58(116)38-91)83(139)107-66(42(2)3)82(138)105-49(20-14-16-33-89)73(129)96-39-59(117)95-40-60(118)100-53(25-29-63(122)123)75(131)98-46(9)72(128)111-70(47(10)114)84(140)106-51(22-18-35-94-88(92)93)76(132)104-56(32-37-145-12)78(134)103-55(27-31-65(126)127)77(133)102-52(24-28-62(120)121)74(130)97-41-61(119)101-54(26-30-64(124)125)80(136)109-68(44(6)7)87(143)144/h42-57,66-71,114-115H,13-41,89-91H2,1-12H3,(H,95,117)(H,96,129)(H,97,130)(H,98,131)(H,99,116)(H,100,118)(H,101,119)(H,102,133)(H,103,134)(H,104,132)(H,105,138)(H,106,140)(H,107,139)(H,108,141)(H,109,136)(H,110,137)(H,111,128)(H,112,135)(H,120,121)(H,122,123)(H,124,125)(H,126,127)(H,143,144)(H4,92,93,94)/t45-,46-,47+,48+,49-,50-,51-,52-,53-,54-,55-,56-,57-,66-,67-,68-,69-,70-,71-/m0/s1. The fourth-order valence-electron chi connectivity index (χ4n) is 14.3. The summed E-state index contributed by atoms with van der Waals surface area (Å²) in [6, 6.07) is -25.2. The summed E-state index contributed by atoms with van der Waals surface area (Å²) in [6.45, 7) is 13.2. The number of rotatable bonds is 72. The Morgan fingerprint density at radius 3 is 1.11 bits per heavy atom. The summed E-state index contributed by atoms with van der Waals surface area (Å²) in [6.07, 6.45) is -5.96. The number of carboxylic acids is 5. The molecule has 1 aliphatic rings. The second kappa shape index (κ2) is 68.1. The van der Waals surface area contributed by atoms with Gasteiger partial charge in [0, 0.05) is 38.8 Å². The number of carbonyl (C=O) groups is 24. The van der Waals surface area contributed by atoms with E-state index in [1.165, 1.54) is 25.7 Å². The van der Waals surface area contributed by atoms with Crippen molar-refractivity contribution in [2.24, 2.45) is 46.6 Å². The van der Waals surface area contributed by atoms with Crippen molar-refractivity contribution in [3.63, 3.8) is 0 Å². The predicted octanol–water partition coefficient (Wildman–Crippen LogP) is -9.83. The largest absolute Gasteiger partial charge is 0.481 e. The van der Waals surface area contributed by atoms with Gasteiger partial charge in [0.1, 0.15) is 96.7 Å². The van der Waals surface area contributed by atoms with Crippen LogP contribution in [0.25, 0.3) is 0 Å². The molecule has 0 bridgehead atoms. The van der Waals surface area contributed by atoms with Gasteiger partial charge in [0.15, 0.2) is 5.96 Å². The number of nitrogens with zero attached hydrogens (tertiary/aromatic N) is 1. The van der Waals surface area contributed by atoms with Crippen molar-refractivity contribution in [1.82, 2.24) is 106 Å². The van der Waals surface area contributed by atoms with Crippen LogP contribution in [-0.4, -0.2) is 362 Å². The maximum absolute atomic E-state index is 14.5. The normalized spacial score (nSPS) is 15.9. The molecule has 35 N–H and O–H groups in total. The van der Waals surface area contributed by atoms with Gasteiger partial charge in [0.25, 0.3) is 0 Å². The van der Waals surface area contributed by atoms with E-state index in [2.05, 4.69) is 101 Å². The third-order valence-corrected chi connectivity index (χ3v) is 23.5. The smallest absolute Gasteiger partial charge is 0.326 e. The molecular weight excluding hydrogens is 1940 g/mol. The number of unbranched alkanes of at least 4 members (excludes halogenated alkanes) is 2. The van der Waals surface area contributed by atoms with Crippen molar-refractivity contribution in [3.8, 4) is 0 Å². The molecule has 1 aliphatic heterocycles. The highest BCUT2D eigenvalue weighted by atomic mass is 32.2. The Hall–Kier alpha value is -13.3. The minimum Gasteiger partial charge on any atom is -0.481 e. The van der Waals surface area contributed by atoms with Gasteiger partial charge in [-0.1, -0.05) is 61.8 Å². The third-order valence-electron chi connectivity index (χ3n) is 22.9. The SMILES string of the molecule is CC[C@H](C)[C@H](NC(=O)[C@@H]1CCCN1C(=O)[C@@H](NC(=O)[C@@H](NC(=O)[C@H](CCCCN)NC(=O)CN)[C@@H](C)O)C(C)C)C(=O)N[C@H](C(=O)N[C@@H](CCCCN)C(=O)NCC(=O)NCC(=O)N[C@@H](CCC(=O)O)C(=O)N[C@@H](C)C(=O)N[C@H](C(=O)N[C@@H](CCCNC(=N)N)C(=O)N[C@@H](CCSC)C(=O)N[C@@H](CCC(=O)O)C(=O)N[C@@H](CCC(=O)O)C(=O)NCC(=O)N[C@@H](CCC(=O)O)C(=O)N[C@H](C(=O)O)C(C)C)[C@@H](C)O)C(C)C. The number of carbonyl (C=O) groups excluding carboxylic acids is 19. The van der Waals surface area contributed by atoms with E-state index in [4.69, 9.17) is 28.3 Å². The molecule has 57 heteroatoms. The Bertz CT molecular complexity index is 4420. The molecule has 0 spiro atoms. The maximum Gasteiger partial charge on any atom is 0.326 e. The molecule has 19 atom stereocenters. The number of aliphatic hydroxyl groups is 2. The molecule has 1 saturated heterocycles. The number of nitrogens with two attached hydrogens (primary N) is 4. The van der Waals surface area contributed by atoms with Gasteiger partial charge in [-0.3, -0.25) is 116 Å². The molecular formula is C88H151N25O31S. The van der Waals surface area contributed by atoms with Gasteiger partial charge in [-0.25, -0.2) is 4.79 Å². The average molecular weight is 2090 g/mol. The molecule has 0 aliphatic carbocycles. The van der Waals surface area contributed by atoms with Gasteiger partial charge in [-0.05, 0) is 166 Å². The van der Waals surface area contributed by atoms with Crippen LogP contribution in [0, 0.1) is 29.1 Å². The second-order valence-corrected chi connectivity index (χ2v) is 36.9. The lowest BCUT2D eigenvalue weighted by Gasteiger charge is -2.33. The van der Waals surface area contributed by atoms with Crippen LogP contribution in [0.15, 0.2) is 0 Å². The number of aliphatic hydroxyl groups excluding tert-OH is 2. The van der Waals surface area contributed by atoms with Crippen molar-refractivity contribution in [2.45, 2.75) is 313 Å². The van der Waals surface area contributed by atoms with Crippen LogP contribution in [-0.2, 0) is 115 Å². The quantitative estimate of drug-likeness (QED) is 0.0153. The molecule has 1 fully saturated rings. The Balaban J connectivity index is 3.43. The van der Waals surface area contributed by atoms with E-state index < -0.39 is 358 Å². The highest BCUT2D eigenvalue weighted by Gasteiger charge is 2.44. The Morgan fingerprint density at radius 1 is 0.359 bits per heavy atom. The van der Waals surface area contributed by atoms with Gasteiger partial charge in [0.2, 0.25) is 112 Å². The first kappa shape index (κ1) is 130. The van der Waals surface area contributed by atoms with Gasteiger partial charge in [-0.15, -0.1) is 0 Å². The molecule has 0 radical (unpaired) electrons. The van der Waals surface area contributed by atoms with Crippen molar-refractivity contribution in [3.05, 3.63) is 0 Å². The number of aliphatic carboxylic acids is 5. The van der Waals surface area contributed by atoms with Crippen LogP contribution in [0.5, 0.6) is 0 Å². The summed E-state index contributed by atoms with van der Waals surface area (Å²) in [4.78, 5) is 323. The first-order valence-corrected chi connectivity index (χ1v) is 49.2. The molecule has 145 heavy (non-hydrogen) atoms. The number of carboxylic acid groups (broad SMARTS) is 5. The van der Waals surface area contributed by atoms with Crippen molar-refractivity contribution in [1.29, 1.82) is 5.41 Å². The number of likely N-dealkylation sites (tertiary alicyclic amines) is 1. The summed E-state index contributed by atoms with van der Waals surface area (Å²) in [7, 11) is 0. The van der Waals surface area contributed by atoms with Crippen molar-refractivity contribution >= 4 is 160 Å². The number of amides is 19. The molecule has 1 rings (SSSR count). The number of nitrogens with one attached hydrogen (secondary N) is 20. The topological polar surface area (TPSA) is 911 Å². The highest BCUT2D eigenvalue weighted by Crippen LogP contribution is 2.23. The summed E-state index contributed by atoms with van der Waals surface area (Å²) in [5, 5.41) is 122. The van der Waals surface area contributed by atoms with E-state index in [0.29, 0.717) is 38.6 Å². The average Bonchev–Trinajstić information content (AvgIpc) is 1.70. The minimum absolute atomic E-state index is 0.0429. The Kier molecular flexibility index (Phi) is 60.9. The van der Waals surface area contributed by atoms with Crippen LogP contribution >= 0.6 is 11.8 Å². The predicted molar refractivity (Wildman–Crippen MR) is 518 cm³/mol. The Morgan fingerprint density at radius 2 is 0.697 bits per heavy atom. The van der Waals surface area contributed by atoms with Crippen LogP contribution in [0.2, 0.25) is 0 Å². The molecule has 19 amide bonds. The van der Waals surface area contributed by atoms with E-state index in [0.717, 1.165) is 25.6 Å². The lowest BCUT2D eigenvalue weighted by Crippen LogP contribution is -2.62. The molecule has 56 nitrogen and oxygen atoms in total. The molecule has 0 aromatic heterocycles. The van der Waals surface area contributed by atoms with Crippen molar-refractivity contribution < 1.29 is 151 Å². The van der Waals surface area contributed by atoms with E-state index in [1.807, 2.05) is 0 Å². The number of hydrogen-bond acceptors (Lipinski definition) is 31. The lowest BCUT2D eigenvalue weighted by atomic mass is 9.95. The minimum atomic E-state index is -2.00. The maximum atomic E-state index is 14.5. The number of hydrogen-bond donors (Lipinski definition) is 31. The monoisotopic (exact) mass is 2090 g/mol. The van der Waals surface area contributed by atoms with Gasteiger partial charge in [0.05, 0.1) is 38.4 Å². The molecule has 820 valence electrons. The lowest BCUT2D eigenvalue weighted by molar-refractivity contribution is -0.144. The van der Waals surface area contributed by atoms with Crippen LogP contribution in [0.1, 0.15) is 205 Å². The van der Waals surface area contributed by atoms with E-state index >= 15 is 0 Å². The summed E-state index contributed by atoms with van der Waals surface area (Å²) in [5.41, 5.74) is 22.3. The van der Waals surface area contributed by atoms with E-state index in [-0.39, 0.29) is 70.3 Å². The van der Waals surface area contributed by atoms with E-state index in [9.17, 15) is 151 Å². The zero-order chi connectivity index (χ0) is 110. The van der Waals surface area contributed by atoms with Gasteiger partial charge < -0.3 is 165 Å². The third kappa shape index (κ3) is 49.7. The molecule has 0 saturated carbocycles. The first-order chi connectivity index (χ1) is 68.0. The molecule has 1 heterocycles. The first-order valence-electron chi connectivity index (χ1n) is 47.8. The second-order valence-electron chi connectivity index (χ2n) is 35.9.